The van der Waals surface area contributed by atoms with E-state index in [9.17, 15) is 0 Å². The lowest BCUT2D eigenvalue weighted by atomic mass is 10.2. The van der Waals surface area contributed by atoms with Crippen LogP contribution < -0.4 is 0 Å². The van der Waals surface area contributed by atoms with E-state index in [0.717, 1.165) is 18.0 Å². The Kier molecular flexibility index (Phi) is 4.33. The summed E-state index contributed by atoms with van der Waals surface area (Å²) in [7, 11) is 2.01. The highest BCUT2D eigenvalue weighted by molar-refractivity contribution is 6.30. The highest BCUT2D eigenvalue weighted by Crippen LogP contribution is 2.13. The molecule has 0 radical (unpaired) electrons. The zero-order valence-corrected chi connectivity index (χ0v) is 11.3. The fraction of sp³-hybridized carbons (Fsp3) is 0.385. The first-order chi connectivity index (χ1) is 8.67. The fourth-order valence-electron chi connectivity index (χ4n) is 1.73. The Morgan fingerprint density at radius 3 is 2.67 bits per heavy atom. The van der Waals surface area contributed by atoms with Crippen LogP contribution in [-0.2, 0) is 19.5 Å². The van der Waals surface area contributed by atoms with Gasteiger partial charge in [0.2, 0.25) is 11.8 Å². The number of hydrogen-bond acceptors (Lipinski definition) is 4. The Hall–Kier alpha value is -1.39. The van der Waals surface area contributed by atoms with Crippen LogP contribution in [0.3, 0.4) is 0 Å². The lowest BCUT2D eigenvalue weighted by Crippen LogP contribution is -2.17. The summed E-state index contributed by atoms with van der Waals surface area (Å²) in [5.41, 5.74) is 1.17. The molecule has 0 saturated heterocycles. The van der Waals surface area contributed by atoms with Crippen molar-refractivity contribution in [3.8, 4) is 0 Å². The largest absolute Gasteiger partial charge is 0.424 e. The molecule has 0 bridgehead atoms. The molecule has 2 rings (SSSR count). The first-order valence-corrected chi connectivity index (χ1v) is 6.29. The highest BCUT2D eigenvalue weighted by atomic mass is 35.5. The van der Waals surface area contributed by atoms with Gasteiger partial charge < -0.3 is 4.42 Å². The monoisotopic (exact) mass is 265 g/mol. The average molecular weight is 266 g/mol. The number of aryl methyl sites for hydroxylation is 1. The van der Waals surface area contributed by atoms with Crippen molar-refractivity contribution < 1.29 is 4.42 Å². The van der Waals surface area contributed by atoms with Crippen molar-refractivity contribution in [1.29, 1.82) is 0 Å². The molecule has 0 fully saturated rings. The lowest BCUT2D eigenvalue weighted by Gasteiger charge is -2.14. The van der Waals surface area contributed by atoms with Crippen molar-refractivity contribution in [2.75, 3.05) is 7.05 Å². The van der Waals surface area contributed by atoms with Gasteiger partial charge in [-0.1, -0.05) is 30.7 Å². The zero-order valence-electron chi connectivity index (χ0n) is 10.6. The number of benzene rings is 1. The van der Waals surface area contributed by atoms with Gasteiger partial charge in [0.25, 0.3) is 0 Å². The zero-order chi connectivity index (χ0) is 13.0. The molecule has 1 aromatic carbocycles. The number of rotatable bonds is 5. The first-order valence-electron chi connectivity index (χ1n) is 5.91. The molecule has 0 aliphatic rings. The second-order valence-electron chi connectivity index (χ2n) is 4.25. The highest BCUT2D eigenvalue weighted by Gasteiger charge is 2.08. The van der Waals surface area contributed by atoms with E-state index in [4.69, 9.17) is 16.0 Å². The third-order valence-electron chi connectivity index (χ3n) is 2.56. The Morgan fingerprint density at radius 2 is 2.00 bits per heavy atom. The van der Waals surface area contributed by atoms with Gasteiger partial charge in [0.1, 0.15) is 0 Å². The molecule has 0 spiro atoms. The maximum atomic E-state index is 5.95. The molecule has 0 amide bonds. The minimum atomic E-state index is 0.638. The van der Waals surface area contributed by atoms with Gasteiger partial charge in [-0.2, -0.15) is 0 Å². The molecular weight excluding hydrogens is 250 g/mol. The second kappa shape index (κ2) is 5.98. The van der Waals surface area contributed by atoms with Crippen molar-refractivity contribution in [2.24, 2.45) is 0 Å². The van der Waals surface area contributed by atoms with Crippen LogP contribution in [0.15, 0.2) is 28.7 Å². The topological polar surface area (TPSA) is 42.2 Å². The molecule has 0 atom stereocenters. The number of nitrogens with zero attached hydrogens (tertiary/aromatic N) is 3. The fourth-order valence-corrected chi connectivity index (χ4v) is 1.94. The van der Waals surface area contributed by atoms with Gasteiger partial charge in [-0.05, 0) is 24.7 Å². The van der Waals surface area contributed by atoms with Gasteiger partial charge in [-0.3, -0.25) is 4.90 Å². The molecule has 0 saturated carbocycles. The average Bonchev–Trinajstić information content (AvgIpc) is 2.76. The molecule has 18 heavy (non-hydrogen) atoms. The van der Waals surface area contributed by atoms with E-state index in [0.29, 0.717) is 18.3 Å². The summed E-state index contributed by atoms with van der Waals surface area (Å²) >= 11 is 5.95. The van der Waals surface area contributed by atoms with Crippen LogP contribution in [0.5, 0.6) is 0 Å². The van der Waals surface area contributed by atoms with E-state index in [2.05, 4.69) is 15.1 Å². The first kappa shape index (κ1) is 13.1. The Bertz CT molecular complexity index is 512. The molecule has 0 N–H and O–H groups in total. The standard InChI is InChI=1S/C13H16ClN3O/c1-3-12-15-16-13(18-12)9-17(2)8-10-5-4-6-11(14)7-10/h4-7H,3,8-9H2,1-2H3. The molecule has 0 aliphatic heterocycles. The minimum absolute atomic E-state index is 0.638. The third-order valence-corrected chi connectivity index (χ3v) is 2.79. The predicted molar refractivity (Wildman–Crippen MR) is 70.3 cm³/mol. The normalized spacial score (nSPS) is 11.1. The Balaban J connectivity index is 1.94. The SMILES string of the molecule is CCc1nnc(CN(C)Cc2cccc(Cl)c2)o1. The Morgan fingerprint density at radius 1 is 1.22 bits per heavy atom. The van der Waals surface area contributed by atoms with Crippen molar-refractivity contribution in [3.05, 3.63) is 46.6 Å². The van der Waals surface area contributed by atoms with Gasteiger partial charge in [0.15, 0.2) is 0 Å². The van der Waals surface area contributed by atoms with E-state index in [1.165, 1.54) is 5.56 Å². The number of aromatic nitrogens is 2. The molecule has 5 heteroatoms. The Labute approximate surface area is 112 Å². The predicted octanol–water partition coefficient (Wildman–Crippen LogP) is 2.92. The van der Waals surface area contributed by atoms with Crippen molar-refractivity contribution >= 4 is 11.6 Å². The van der Waals surface area contributed by atoms with Crippen LogP contribution >= 0.6 is 11.6 Å². The molecular formula is C13H16ClN3O. The van der Waals surface area contributed by atoms with Crippen LogP contribution in [0.25, 0.3) is 0 Å². The summed E-state index contributed by atoms with van der Waals surface area (Å²) in [4.78, 5) is 2.11. The molecule has 4 nitrogen and oxygen atoms in total. The second-order valence-corrected chi connectivity index (χ2v) is 4.68. The molecule has 96 valence electrons. The van der Waals surface area contributed by atoms with Crippen LogP contribution in [0, 0.1) is 0 Å². The van der Waals surface area contributed by atoms with Gasteiger partial charge in [0, 0.05) is 18.0 Å². The van der Waals surface area contributed by atoms with Gasteiger partial charge in [-0.25, -0.2) is 0 Å². The third kappa shape index (κ3) is 3.55. The van der Waals surface area contributed by atoms with E-state index < -0.39 is 0 Å². The maximum absolute atomic E-state index is 5.95. The summed E-state index contributed by atoms with van der Waals surface area (Å²) < 4.78 is 5.47. The lowest BCUT2D eigenvalue weighted by molar-refractivity contribution is 0.277. The van der Waals surface area contributed by atoms with Gasteiger partial charge in [0.05, 0.1) is 6.54 Å². The van der Waals surface area contributed by atoms with Crippen molar-refractivity contribution in [1.82, 2.24) is 15.1 Å². The summed E-state index contributed by atoms with van der Waals surface area (Å²) in [6, 6.07) is 7.83. The summed E-state index contributed by atoms with van der Waals surface area (Å²) in [6.45, 7) is 3.43. The van der Waals surface area contributed by atoms with E-state index >= 15 is 0 Å². The number of hydrogen-bond donors (Lipinski definition) is 0. The van der Waals surface area contributed by atoms with E-state index in [-0.39, 0.29) is 0 Å². The van der Waals surface area contributed by atoms with Gasteiger partial charge >= 0.3 is 0 Å². The molecule has 1 aromatic heterocycles. The van der Waals surface area contributed by atoms with Crippen LogP contribution in [0.2, 0.25) is 5.02 Å². The quantitative estimate of drug-likeness (QED) is 0.834. The minimum Gasteiger partial charge on any atom is -0.424 e. The molecule has 1 heterocycles. The molecule has 0 unspecified atom stereocenters. The van der Waals surface area contributed by atoms with Gasteiger partial charge in [-0.15, -0.1) is 10.2 Å². The molecule has 0 aliphatic carbocycles. The van der Waals surface area contributed by atoms with Crippen molar-refractivity contribution in [3.63, 3.8) is 0 Å². The molecule has 2 aromatic rings. The summed E-state index contributed by atoms with van der Waals surface area (Å²) in [6.07, 6.45) is 0.769. The summed E-state index contributed by atoms with van der Waals surface area (Å²) in [5.74, 6) is 1.33. The van der Waals surface area contributed by atoms with E-state index in [1.807, 2.05) is 38.2 Å². The van der Waals surface area contributed by atoms with E-state index in [1.54, 1.807) is 0 Å². The van der Waals surface area contributed by atoms with Crippen molar-refractivity contribution in [2.45, 2.75) is 26.4 Å². The van der Waals surface area contributed by atoms with Crippen LogP contribution in [-0.4, -0.2) is 22.1 Å². The number of halogens is 1. The van der Waals surface area contributed by atoms with Crippen LogP contribution in [0.4, 0.5) is 0 Å². The smallest absolute Gasteiger partial charge is 0.230 e. The maximum Gasteiger partial charge on any atom is 0.230 e. The summed E-state index contributed by atoms with van der Waals surface area (Å²) in [5, 5.41) is 8.70. The van der Waals surface area contributed by atoms with Crippen LogP contribution in [0.1, 0.15) is 24.3 Å².